The van der Waals surface area contributed by atoms with E-state index in [-0.39, 0.29) is 40.3 Å². The first-order valence-electron chi connectivity index (χ1n) is 12.1. The quantitative estimate of drug-likeness (QED) is 0.131. The molecule has 1 fully saturated rings. The molecule has 15 nitrogen and oxygen atoms in total. The number of ether oxygens (including phenoxy) is 2. The lowest BCUT2D eigenvalue weighted by Crippen LogP contribution is -2.71. The number of benzene rings is 1. The standard InChI is InChI=1S/C24H23ClN6O9S2/c1-24(2,3)40-15(32)9-39-28-16(19-26-11-42-29-19)20(33)27-17-21(34)30-18(14(25)10-41-22(17)30)23(35)38-8-12-4-6-13(7-5-12)31(36)37/h4-7,11,17,22H,8-10H2,1-3H3,(H,27,33)/b28-16-/t17?,22-/m1/s1. The molecule has 4 rings (SSSR count). The Morgan fingerprint density at radius 2 is 1.98 bits per heavy atom. The lowest BCUT2D eigenvalue weighted by atomic mass is 10.0. The summed E-state index contributed by atoms with van der Waals surface area (Å²) in [6.07, 6.45) is 0. The average molecular weight is 639 g/mol. The molecule has 0 aliphatic carbocycles. The molecule has 3 heterocycles. The molecule has 2 atom stereocenters. The Labute approximate surface area is 251 Å². The molecule has 1 unspecified atom stereocenters. The molecule has 2 aromatic rings. The number of aromatic nitrogens is 2. The van der Waals surface area contributed by atoms with Gasteiger partial charge in [0.1, 0.15) is 34.8 Å². The van der Waals surface area contributed by atoms with Crippen LogP contribution in [0.15, 0.2) is 45.7 Å². The maximum atomic E-state index is 13.1. The second-order valence-electron chi connectivity index (χ2n) is 9.67. The molecular formula is C24H23ClN6O9S2. The molecule has 0 bridgehead atoms. The number of rotatable bonds is 10. The van der Waals surface area contributed by atoms with Crippen molar-refractivity contribution in [3.05, 3.63) is 62.0 Å². The van der Waals surface area contributed by atoms with Gasteiger partial charge in [0.15, 0.2) is 0 Å². The number of β-lactam (4-membered cyclic amide) rings is 1. The van der Waals surface area contributed by atoms with Crippen molar-refractivity contribution in [2.75, 3.05) is 12.4 Å². The first-order chi connectivity index (χ1) is 19.9. The fourth-order valence-electron chi connectivity index (χ4n) is 3.69. The summed E-state index contributed by atoms with van der Waals surface area (Å²) in [6.45, 7) is 4.25. The molecule has 0 spiro atoms. The van der Waals surface area contributed by atoms with Gasteiger partial charge in [-0.05, 0) is 50.0 Å². The zero-order chi connectivity index (χ0) is 30.6. The summed E-state index contributed by atoms with van der Waals surface area (Å²) in [5, 5.41) is 16.5. The Balaban J connectivity index is 1.40. The largest absolute Gasteiger partial charge is 0.457 e. The van der Waals surface area contributed by atoms with Crippen molar-refractivity contribution in [3.63, 3.8) is 0 Å². The molecule has 1 aromatic carbocycles. The summed E-state index contributed by atoms with van der Waals surface area (Å²) in [4.78, 5) is 71.4. The van der Waals surface area contributed by atoms with E-state index < -0.39 is 52.3 Å². The van der Waals surface area contributed by atoms with Crippen LogP contribution in [-0.4, -0.2) is 78.0 Å². The summed E-state index contributed by atoms with van der Waals surface area (Å²) >= 11 is 8.45. The first-order valence-corrected chi connectivity index (χ1v) is 14.3. The molecule has 1 N–H and O–H groups in total. The number of hydrogen-bond donors (Lipinski definition) is 1. The second-order valence-corrected chi connectivity index (χ2v) is 11.8. The minimum atomic E-state index is -1.06. The van der Waals surface area contributed by atoms with Gasteiger partial charge in [0.25, 0.3) is 17.5 Å². The number of nitro benzene ring substituents is 1. The predicted molar refractivity (Wildman–Crippen MR) is 149 cm³/mol. The number of carbonyl (C=O) groups excluding carboxylic acids is 4. The molecule has 1 saturated heterocycles. The third kappa shape index (κ3) is 7.21. The molecule has 1 aromatic heterocycles. The highest BCUT2D eigenvalue weighted by Crippen LogP contribution is 2.41. The normalized spacial score (nSPS) is 18.5. The van der Waals surface area contributed by atoms with Crippen molar-refractivity contribution < 1.29 is 38.4 Å². The van der Waals surface area contributed by atoms with Gasteiger partial charge in [0, 0.05) is 17.9 Å². The van der Waals surface area contributed by atoms with E-state index in [1.807, 2.05) is 0 Å². The summed E-state index contributed by atoms with van der Waals surface area (Å²) < 4.78 is 14.4. The fourth-order valence-corrected chi connectivity index (χ4v) is 5.67. The SMILES string of the molecule is CC(C)(C)OC(=O)CO/N=C(\C(=O)NC1C(=O)N2C(C(=O)OCc3ccc([N+](=O)[O-])cc3)=C(Cl)CS[C@H]12)c1ncsn1. The Morgan fingerprint density at radius 3 is 2.60 bits per heavy atom. The van der Waals surface area contributed by atoms with Gasteiger partial charge in [-0.1, -0.05) is 16.8 Å². The monoisotopic (exact) mass is 638 g/mol. The predicted octanol–water partition coefficient (Wildman–Crippen LogP) is 2.10. The molecular weight excluding hydrogens is 616 g/mol. The number of nitrogens with zero attached hydrogens (tertiary/aromatic N) is 5. The number of carbonyl (C=O) groups is 4. The van der Waals surface area contributed by atoms with Crippen molar-refractivity contribution in [2.24, 2.45) is 5.16 Å². The van der Waals surface area contributed by atoms with Crippen molar-refractivity contribution in [3.8, 4) is 0 Å². The van der Waals surface area contributed by atoms with Crippen LogP contribution in [0.5, 0.6) is 0 Å². The molecule has 2 amide bonds. The third-order valence-electron chi connectivity index (χ3n) is 5.47. The highest BCUT2D eigenvalue weighted by Gasteiger charge is 2.54. The summed E-state index contributed by atoms with van der Waals surface area (Å²) in [5.74, 6) is -2.97. The van der Waals surface area contributed by atoms with Crippen LogP contribution in [0.1, 0.15) is 32.2 Å². The Kier molecular flexibility index (Phi) is 9.43. The summed E-state index contributed by atoms with van der Waals surface area (Å²) in [5.41, 5.74) is 0.458. The van der Waals surface area contributed by atoms with Gasteiger partial charge in [-0.3, -0.25) is 24.6 Å². The lowest BCUT2D eigenvalue weighted by molar-refractivity contribution is -0.384. The fraction of sp³-hybridized carbons (Fsp3) is 0.375. The molecule has 2 aliphatic heterocycles. The van der Waals surface area contributed by atoms with Crippen LogP contribution in [0.2, 0.25) is 0 Å². The van der Waals surface area contributed by atoms with E-state index in [1.165, 1.54) is 41.5 Å². The topological polar surface area (TPSA) is 193 Å². The van der Waals surface area contributed by atoms with Gasteiger partial charge in [-0.15, -0.1) is 11.8 Å². The molecule has 0 saturated carbocycles. The molecule has 42 heavy (non-hydrogen) atoms. The summed E-state index contributed by atoms with van der Waals surface area (Å²) in [6, 6.07) is 4.37. The van der Waals surface area contributed by atoms with Crippen LogP contribution in [0.25, 0.3) is 0 Å². The van der Waals surface area contributed by atoms with Gasteiger partial charge in [-0.25, -0.2) is 14.6 Å². The zero-order valence-electron chi connectivity index (χ0n) is 22.3. The maximum absolute atomic E-state index is 13.1. The number of esters is 2. The van der Waals surface area contributed by atoms with Gasteiger partial charge >= 0.3 is 11.9 Å². The first kappa shape index (κ1) is 30.9. The maximum Gasteiger partial charge on any atom is 0.356 e. The van der Waals surface area contributed by atoms with E-state index >= 15 is 0 Å². The Hall–Kier alpha value is -4.09. The third-order valence-corrected chi connectivity index (χ3v) is 7.69. The van der Waals surface area contributed by atoms with E-state index in [4.69, 9.17) is 25.9 Å². The minimum Gasteiger partial charge on any atom is -0.457 e. The van der Waals surface area contributed by atoms with Gasteiger partial charge in [0.05, 0.1) is 9.96 Å². The van der Waals surface area contributed by atoms with Crippen LogP contribution < -0.4 is 5.32 Å². The number of amides is 2. The van der Waals surface area contributed by atoms with E-state index in [9.17, 15) is 29.3 Å². The number of fused-ring (bicyclic) bond motifs is 1. The van der Waals surface area contributed by atoms with E-state index in [1.54, 1.807) is 20.8 Å². The van der Waals surface area contributed by atoms with Crippen molar-refractivity contribution in [1.29, 1.82) is 0 Å². The Morgan fingerprint density at radius 1 is 1.26 bits per heavy atom. The molecule has 18 heteroatoms. The van der Waals surface area contributed by atoms with Gasteiger partial charge in [-0.2, -0.15) is 4.37 Å². The highest BCUT2D eigenvalue weighted by molar-refractivity contribution is 8.00. The number of non-ortho nitro benzene ring substituents is 1. The lowest BCUT2D eigenvalue weighted by Gasteiger charge is -2.49. The smallest absolute Gasteiger partial charge is 0.356 e. The average Bonchev–Trinajstić information content (AvgIpc) is 3.46. The number of nitro groups is 1. The number of nitrogens with one attached hydrogen (secondary N) is 1. The van der Waals surface area contributed by atoms with Crippen molar-refractivity contribution in [1.82, 2.24) is 19.6 Å². The number of oxime groups is 1. The molecule has 222 valence electrons. The zero-order valence-corrected chi connectivity index (χ0v) is 24.7. The number of thioether (sulfide) groups is 1. The van der Waals surface area contributed by atoms with Crippen LogP contribution in [0, 0.1) is 10.1 Å². The van der Waals surface area contributed by atoms with Gasteiger partial charge in [0.2, 0.25) is 18.1 Å². The van der Waals surface area contributed by atoms with Crippen LogP contribution in [0.4, 0.5) is 5.69 Å². The number of hydrogen-bond acceptors (Lipinski definition) is 14. The van der Waals surface area contributed by atoms with Crippen LogP contribution in [-0.2, 0) is 40.1 Å². The van der Waals surface area contributed by atoms with Gasteiger partial charge < -0.3 is 19.6 Å². The van der Waals surface area contributed by atoms with Crippen LogP contribution >= 0.6 is 34.9 Å². The summed E-state index contributed by atoms with van der Waals surface area (Å²) in [7, 11) is 0. The van der Waals surface area contributed by atoms with E-state index in [0.29, 0.717) is 5.56 Å². The van der Waals surface area contributed by atoms with Crippen molar-refractivity contribution in [2.45, 2.75) is 44.4 Å². The minimum absolute atomic E-state index is 0.0833. The highest BCUT2D eigenvalue weighted by atomic mass is 35.5. The van der Waals surface area contributed by atoms with E-state index in [0.717, 1.165) is 16.4 Å². The molecule has 0 radical (unpaired) electrons. The Bertz CT molecular complexity index is 1460. The number of halogens is 1. The van der Waals surface area contributed by atoms with Crippen LogP contribution in [0.3, 0.4) is 0 Å². The van der Waals surface area contributed by atoms with E-state index in [2.05, 4.69) is 19.8 Å². The molecule has 2 aliphatic rings. The second kappa shape index (κ2) is 12.8. The van der Waals surface area contributed by atoms with Crippen molar-refractivity contribution >= 4 is 70.0 Å².